The van der Waals surface area contributed by atoms with E-state index in [4.69, 9.17) is 15.2 Å². The Hall–Kier alpha value is -2.12. The molecule has 0 bridgehead atoms. The molecule has 0 saturated carbocycles. The first-order valence-electron chi connectivity index (χ1n) is 8.30. The Morgan fingerprint density at radius 2 is 2.12 bits per heavy atom. The number of ether oxygens (including phenoxy) is 2. The highest BCUT2D eigenvalue weighted by Gasteiger charge is 2.30. The number of methoxy groups -OCH3 is 2. The van der Waals surface area contributed by atoms with Crippen molar-refractivity contribution in [2.75, 3.05) is 27.3 Å². The fourth-order valence-corrected chi connectivity index (χ4v) is 4.18. The highest BCUT2D eigenvalue weighted by molar-refractivity contribution is 7.17. The number of amides is 1. The summed E-state index contributed by atoms with van der Waals surface area (Å²) in [5, 5.41) is 0.797. The van der Waals surface area contributed by atoms with Gasteiger partial charge < -0.3 is 20.1 Å². The van der Waals surface area contributed by atoms with E-state index < -0.39 is 0 Å². The van der Waals surface area contributed by atoms with Crippen LogP contribution in [0.5, 0.6) is 11.5 Å². The number of nitrogens with two attached hydrogens (primary N) is 1. The topological polar surface area (TPSA) is 77.7 Å². The lowest BCUT2D eigenvalue weighted by molar-refractivity contribution is 0.0745. The molecule has 1 saturated heterocycles. The van der Waals surface area contributed by atoms with E-state index in [9.17, 15) is 4.79 Å². The van der Waals surface area contributed by atoms with Crippen molar-refractivity contribution in [3.8, 4) is 22.1 Å². The molecule has 1 aliphatic rings. The lowest BCUT2D eigenvalue weighted by Gasteiger charge is -2.22. The van der Waals surface area contributed by atoms with E-state index in [-0.39, 0.29) is 11.9 Å². The van der Waals surface area contributed by atoms with Crippen molar-refractivity contribution in [3.63, 3.8) is 0 Å². The van der Waals surface area contributed by atoms with Gasteiger partial charge in [0.1, 0.15) is 9.88 Å². The van der Waals surface area contributed by atoms with E-state index in [0.717, 1.165) is 35.7 Å². The van der Waals surface area contributed by atoms with Gasteiger partial charge in [-0.2, -0.15) is 0 Å². The molecule has 134 valence electrons. The minimum atomic E-state index is 0.0367. The van der Waals surface area contributed by atoms with Crippen LogP contribution in [0.4, 0.5) is 0 Å². The van der Waals surface area contributed by atoms with Crippen LogP contribution >= 0.6 is 11.3 Å². The number of benzene rings is 1. The molecule has 6 nitrogen and oxygen atoms in total. The second-order valence-electron chi connectivity index (χ2n) is 6.03. The summed E-state index contributed by atoms with van der Waals surface area (Å²) in [5.41, 5.74) is 7.46. The predicted molar refractivity (Wildman–Crippen MR) is 98.5 cm³/mol. The number of nitrogens with zero attached hydrogens (tertiary/aromatic N) is 2. The molecule has 1 atom stereocenters. The fraction of sp³-hybridized carbons (Fsp3) is 0.444. The van der Waals surface area contributed by atoms with Crippen LogP contribution in [-0.2, 0) is 0 Å². The van der Waals surface area contributed by atoms with Gasteiger partial charge in [-0.25, -0.2) is 4.98 Å². The summed E-state index contributed by atoms with van der Waals surface area (Å²) < 4.78 is 10.6. The normalized spacial score (nSPS) is 17.0. The lowest BCUT2D eigenvalue weighted by atomic mass is 10.2. The Morgan fingerprint density at radius 1 is 1.36 bits per heavy atom. The molecule has 0 spiro atoms. The smallest absolute Gasteiger partial charge is 0.266 e. The average Bonchev–Trinajstić information content (AvgIpc) is 3.26. The van der Waals surface area contributed by atoms with E-state index in [0.29, 0.717) is 22.9 Å². The molecule has 2 aromatic rings. The van der Waals surface area contributed by atoms with Crippen LogP contribution in [0.2, 0.25) is 0 Å². The summed E-state index contributed by atoms with van der Waals surface area (Å²) in [6.45, 7) is 3.15. The van der Waals surface area contributed by atoms with Crippen molar-refractivity contribution in [2.45, 2.75) is 25.8 Å². The van der Waals surface area contributed by atoms with Crippen molar-refractivity contribution in [2.24, 2.45) is 5.73 Å². The molecule has 1 amide bonds. The van der Waals surface area contributed by atoms with Crippen molar-refractivity contribution in [3.05, 3.63) is 28.8 Å². The van der Waals surface area contributed by atoms with Crippen LogP contribution in [0, 0.1) is 6.92 Å². The molecular weight excluding hydrogens is 338 g/mol. The quantitative estimate of drug-likeness (QED) is 0.886. The van der Waals surface area contributed by atoms with Gasteiger partial charge >= 0.3 is 0 Å². The van der Waals surface area contributed by atoms with E-state index in [1.165, 1.54) is 11.3 Å². The number of aromatic nitrogens is 1. The van der Waals surface area contributed by atoms with Crippen molar-refractivity contribution in [1.29, 1.82) is 0 Å². The van der Waals surface area contributed by atoms with Crippen LogP contribution in [-0.4, -0.2) is 49.1 Å². The number of rotatable bonds is 5. The molecule has 0 aliphatic carbocycles. The van der Waals surface area contributed by atoms with Gasteiger partial charge in [0.05, 0.1) is 19.9 Å². The Bertz CT molecular complexity index is 775. The van der Waals surface area contributed by atoms with Gasteiger partial charge in [-0.3, -0.25) is 4.79 Å². The number of thiazole rings is 1. The van der Waals surface area contributed by atoms with Gasteiger partial charge in [0.2, 0.25) is 0 Å². The average molecular weight is 361 g/mol. The maximum Gasteiger partial charge on any atom is 0.266 e. The second kappa shape index (κ2) is 7.41. The molecule has 1 aromatic heterocycles. The first-order chi connectivity index (χ1) is 12.1. The predicted octanol–water partition coefficient (Wildman–Crippen LogP) is 2.70. The zero-order chi connectivity index (χ0) is 18.0. The zero-order valence-electron chi connectivity index (χ0n) is 14.7. The summed E-state index contributed by atoms with van der Waals surface area (Å²) in [4.78, 5) is 20.1. The summed E-state index contributed by atoms with van der Waals surface area (Å²) in [7, 11) is 3.20. The Kier molecular flexibility index (Phi) is 5.24. The largest absolute Gasteiger partial charge is 0.493 e. The van der Waals surface area contributed by atoms with Crippen LogP contribution in [0.1, 0.15) is 28.2 Å². The molecule has 3 rings (SSSR count). The minimum absolute atomic E-state index is 0.0367. The zero-order valence-corrected chi connectivity index (χ0v) is 15.6. The minimum Gasteiger partial charge on any atom is -0.493 e. The Balaban J connectivity index is 1.91. The molecule has 1 aromatic carbocycles. The molecule has 1 aliphatic heterocycles. The number of hydrogen-bond donors (Lipinski definition) is 1. The van der Waals surface area contributed by atoms with Crippen LogP contribution in [0.15, 0.2) is 18.2 Å². The Labute approximate surface area is 151 Å². The lowest BCUT2D eigenvalue weighted by Crippen LogP contribution is -2.39. The van der Waals surface area contributed by atoms with Crippen LogP contribution in [0.3, 0.4) is 0 Å². The van der Waals surface area contributed by atoms with Gasteiger partial charge in [0, 0.05) is 24.7 Å². The van der Waals surface area contributed by atoms with Gasteiger partial charge in [0.25, 0.3) is 5.91 Å². The summed E-state index contributed by atoms with van der Waals surface area (Å²) in [6, 6.07) is 5.78. The first-order valence-corrected chi connectivity index (χ1v) is 9.11. The standard InChI is InChI=1S/C18H23N3O3S/c1-11-16(18(22)21-8-4-5-13(21)10-19)25-17(20-11)12-6-7-14(23-2)15(9-12)24-3/h6-7,9,13H,4-5,8,10,19H2,1-3H3. The van der Waals surface area contributed by atoms with Gasteiger partial charge in [-0.05, 0) is 38.0 Å². The Morgan fingerprint density at radius 3 is 2.80 bits per heavy atom. The molecule has 2 N–H and O–H groups in total. The number of aryl methyl sites for hydroxylation is 1. The molecule has 25 heavy (non-hydrogen) atoms. The summed E-state index contributed by atoms with van der Waals surface area (Å²) >= 11 is 1.41. The molecular formula is C18H23N3O3S. The molecule has 1 unspecified atom stereocenters. The maximum atomic E-state index is 12.9. The van der Waals surface area contributed by atoms with Crippen molar-refractivity contribution < 1.29 is 14.3 Å². The van der Waals surface area contributed by atoms with E-state index in [1.807, 2.05) is 30.0 Å². The van der Waals surface area contributed by atoms with Crippen molar-refractivity contribution >= 4 is 17.2 Å². The second-order valence-corrected chi connectivity index (χ2v) is 7.03. The number of carbonyl (C=O) groups is 1. The third-order valence-corrected chi connectivity index (χ3v) is 5.73. The highest BCUT2D eigenvalue weighted by Crippen LogP contribution is 2.35. The van der Waals surface area contributed by atoms with E-state index in [2.05, 4.69) is 4.98 Å². The number of likely N-dealkylation sites (tertiary alicyclic amines) is 1. The fourth-order valence-electron chi connectivity index (χ4n) is 3.17. The van der Waals surface area contributed by atoms with Crippen LogP contribution < -0.4 is 15.2 Å². The van der Waals surface area contributed by atoms with E-state index >= 15 is 0 Å². The molecule has 7 heteroatoms. The van der Waals surface area contributed by atoms with Gasteiger partial charge in [-0.15, -0.1) is 11.3 Å². The summed E-state index contributed by atoms with van der Waals surface area (Å²) in [5.74, 6) is 1.34. The third-order valence-electron chi connectivity index (χ3n) is 4.53. The molecule has 0 radical (unpaired) electrons. The highest BCUT2D eigenvalue weighted by atomic mass is 32.1. The van der Waals surface area contributed by atoms with Crippen LogP contribution in [0.25, 0.3) is 10.6 Å². The third kappa shape index (κ3) is 3.34. The number of hydrogen-bond acceptors (Lipinski definition) is 6. The SMILES string of the molecule is COc1ccc(-c2nc(C)c(C(=O)N3CCCC3CN)s2)cc1OC. The van der Waals surface area contributed by atoms with E-state index in [1.54, 1.807) is 14.2 Å². The first kappa shape index (κ1) is 17.7. The summed E-state index contributed by atoms with van der Waals surface area (Å²) in [6.07, 6.45) is 1.98. The van der Waals surface area contributed by atoms with Gasteiger partial charge in [0.15, 0.2) is 11.5 Å². The van der Waals surface area contributed by atoms with Crippen molar-refractivity contribution in [1.82, 2.24) is 9.88 Å². The van der Waals surface area contributed by atoms with Gasteiger partial charge in [-0.1, -0.05) is 0 Å². The number of carbonyl (C=O) groups excluding carboxylic acids is 1. The maximum absolute atomic E-state index is 12.9. The monoisotopic (exact) mass is 361 g/mol. The molecule has 1 fully saturated rings. The molecule has 2 heterocycles.